The Kier molecular flexibility index (Phi) is 3.38. The predicted molar refractivity (Wildman–Crippen MR) is 63.0 cm³/mol. The molecule has 6 heteroatoms. The van der Waals surface area contributed by atoms with Gasteiger partial charge in [0.25, 0.3) is 0 Å². The molecule has 0 saturated heterocycles. The van der Waals surface area contributed by atoms with E-state index in [0.717, 1.165) is 0 Å². The van der Waals surface area contributed by atoms with Crippen molar-refractivity contribution in [2.75, 3.05) is 5.32 Å². The van der Waals surface area contributed by atoms with Crippen molar-refractivity contribution in [3.05, 3.63) is 18.1 Å². The van der Waals surface area contributed by atoms with Crippen LogP contribution >= 0.6 is 0 Å². The summed E-state index contributed by atoms with van der Waals surface area (Å²) in [7, 11) is 0. The molecule has 0 aliphatic rings. The van der Waals surface area contributed by atoms with Crippen molar-refractivity contribution in [3.63, 3.8) is 0 Å². The van der Waals surface area contributed by atoms with Gasteiger partial charge in [-0.15, -0.1) is 0 Å². The first-order valence-corrected chi connectivity index (χ1v) is 5.19. The highest BCUT2D eigenvalue weighted by Crippen LogP contribution is 2.24. The van der Waals surface area contributed by atoms with Gasteiger partial charge in [0.2, 0.25) is 0 Å². The second-order valence-corrected chi connectivity index (χ2v) is 4.90. The molecular formula is C11H17N3O3. The summed E-state index contributed by atoms with van der Waals surface area (Å²) in [4.78, 5) is 18.3. The summed E-state index contributed by atoms with van der Waals surface area (Å²) in [6.45, 7) is 7.00. The van der Waals surface area contributed by atoms with Crippen LogP contribution in [-0.4, -0.2) is 37.3 Å². The fourth-order valence-electron chi connectivity index (χ4n) is 0.976. The number of aromatic carboxylic acids is 1. The number of rotatable bonds is 4. The average molecular weight is 239 g/mol. The first-order valence-electron chi connectivity index (χ1n) is 5.19. The normalized spacial score (nSPS) is 12.3. The minimum absolute atomic E-state index is 0.114. The Labute approximate surface area is 99.7 Å². The van der Waals surface area contributed by atoms with Crippen LogP contribution in [-0.2, 0) is 0 Å². The van der Waals surface area contributed by atoms with Crippen LogP contribution < -0.4 is 5.32 Å². The maximum Gasteiger partial charge on any atom is 0.356 e. The summed E-state index contributed by atoms with van der Waals surface area (Å²) in [6, 6.07) is 0. The van der Waals surface area contributed by atoms with Crippen molar-refractivity contribution in [2.45, 2.75) is 38.8 Å². The Bertz CT molecular complexity index is 407. The molecule has 0 amide bonds. The van der Waals surface area contributed by atoms with E-state index in [2.05, 4.69) is 15.3 Å². The fourth-order valence-corrected chi connectivity index (χ4v) is 0.976. The van der Waals surface area contributed by atoms with Gasteiger partial charge in [-0.3, -0.25) is 0 Å². The van der Waals surface area contributed by atoms with Crippen molar-refractivity contribution in [3.8, 4) is 0 Å². The number of carbonyl (C=O) groups is 1. The molecule has 0 bridgehead atoms. The smallest absolute Gasteiger partial charge is 0.356 e. The monoisotopic (exact) mass is 239 g/mol. The standard InChI is InChI=1S/C11H17N3O3/c1-10(2,11(3,4)17)14-8-6-12-7(5-13-8)9(15)16/h5-6,17H,1-4H3,(H,13,14)(H,15,16). The predicted octanol–water partition coefficient (Wildman–Crippen LogP) is 1.14. The first-order chi connectivity index (χ1) is 7.63. The number of anilines is 1. The first kappa shape index (κ1) is 13.4. The van der Waals surface area contributed by atoms with Gasteiger partial charge < -0.3 is 15.5 Å². The molecule has 17 heavy (non-hydrogen) atoms. The molecule has 1 rings (SSSR count). The summed E-state index contributed by atoms with van der Waals surface area (Å²) in [5.41, 5.74) is -1.69. The van der Waals surface area contributed by atoms with E-state index >= 15 is 0 Å². The Morgan fingerprint density at radius 3 is 2.18 bits per heavy atom. The summed E-state index contributed by atoms with van der Waals surface area (Å²) in [5.74, 6) is -0.701. The number of carboxylic acids is 1. The summed E-state index contributed by atoms with van der Waals surface area (Å²) >= 11 is 0. The van der Waals surface area contributed by atoms with Crippen LogP contribution in [0.4, 0.5) is 5.82 Å². The third-order valence-corrected chi connectivity index (χ3v) is 2.84. The van der Waals surface area contributed by atoms with Gasteiger partial charge in [-0.05, 0) is 27.7 Å². The number of nitrogens with zero attached hydrogens (tertiary/aromatic N) is 2. The zero-order valence-corrected chi connectivity index (χ0v) is 10.4. The number of nitrogens with one attached hydrogen (secondary N) is 1. The molecule has 0 spiro atoms. The van der Waals surface area contributed by atoms with E-state index in [1.54, 1.807) is 13.8 Å². The van der Waals surface area contributed by atoms with Gasteiger partial charge in [-0.25, -0.2) is 14.8 Å². The molecule has 6 nitrogen and oxygen atoms in total. The number of aliphatic hydroxyl groups is 1. The molecule has 0 radical (unpaired) electrons. The molecule has 1 heterocycles. The molecule has 0 aliphatic heterocycles. The van der Waals surface area contributed by atoms with Crippen LogP contribution in [0.1, 0.15) is 38.2 Å². The highest BCUT2D eigenvalue weighted by atomic mass is 16.4. The van der Waals surface area contributed by atoms with E-state index in [1.807, 2.05) is 13.8 Å². The van der Waals surface area contributed by atoms with Gasteiger partial charge in [0.1, 0.15) is 5.82 Å². The quantitative estimate of drug-likeness (QED) is 0.729. The van der Waals surface area contributed by atoms with Crippen LogP contribution in [0.15, 0.2) is 12.4 Å². The van der Waals surface area contributed by atoms with Crippen molar-refractivity contribution in [1.29, 1.82) is 0 Å². The van der Waals surface area contributed by atoms with Gasteiger partial charge in [-0.1, -0.05) is 0 Å². The van der Waals surface area contributed by atoms with E-state index < -0.39 is 17.1 Å². The van der Waals surface area contributed by atoms with Gasteiger partial charge >= 0.3 is 5.97 Å². The van der Waals surface area contributed by atoms with E-state index in [1.165, 1.54) is 12.4 Å². The molecule has 0 atom stereocenters. The minimum Gasteiger partial charge on any atom is -0.476 e. The van der Waals surface area contributed by atoms with Crippen molar-refractivity contribution in [2.24, 2.45) is 0 Å². The lowest BCUT2D eigenvalue weighted by Crippen LogP contribution is -2.51. The topological polar surface area (TPSA) is 95.3 Å². The van der Waals surface area contributed by atoms with Crippen LogP contribution in [0.2, 0.25) is 0 Å². The second-order valence-electron chi connectivity index (χ2n) is 4.90. The highest BCUT2D eigenvalue weighted by Gasteiger charge is 2.35. The molecule has 0 fully saturated rings. The molecule has 3 N–H and O–H groups in total. The van der Waals surface area contributed by atoms with Gasteiger partial charge in [0.15, 0.2) is 5.69 Å². The third kappa shape index (κ3) is 3.13. The average Bonchev–Trinajstić information content (AvgIpc) is 2.16. The summed E-state index contributed by atoms with van der Waals surface area (Å²) < 4.78 is 0. The fraction of sp³-hybridized carbons (Fsp3) is 0.545. The van der Waals surface area contributed by atoms with E-state index in [4.69, 9.17) is 5.11 Å². The Balaban J connectivity index is 2.86. The molecule has 0 saturated carbocycles. The maximum absolute atomic E-state index is 10.6. The molecule has 1 aromatic rings. The Hall–Kier alpha value is -1.69. The molecule has 94 valence electrons. The zero-order valence-electron chi connectivity index (χ0n) is 10.4. The molecule has 0 aromatic carbocycles. The lowest BCUT2D eigenvalue weighted by molar-refractivity contribution is 0.0238. The van der Waals surface area contributed by atoms with E-state index in [9.17, 15) is 9.90 Å². The largest absolute Gasteiger partial charge is 0.476 e. The van der Waals surface area contributed by atoms with Crippen molar-refractivity contribution >= 4 is 11.8 Å². The van der Waals surface area contributed by atoms with E-state index in [0.29, 0.717) is 5.82 Å². The van der Waals surface area contributed by atoms with Crippen LogP contribution in [0.3, 0.4) is 0 Å². The Morgan fingerprint density at radius 2 is 1.82 bits per heavy atom. The van der Waals surface area contributed by atoms with Gasteiger partial charge in [0, 0.05) is 0 Å². The molecule has 0 aliphatic carbocycles. The summed E-state index contributed by atoms with van der Waals surface area (Å²) in [6.07, 6.45) is 2.50. The highest BCUT2D eigenvalue weighted by molar-refractivity contribution is 5.84. The maximum atomic E-state index is 10.6. The lowest BCUT2D eigenvalue weighted by atomic mass is 9.86. The molecule has 0 unspecified atom stereocenters. The molecular weight excluding hydrogens is 222 g/mol. The number of hydrogen-bond acceptors (Lipinski definition) is 5. The van der Waals surface area contributed by atoms with Crippen molar-refractivity contribution in [1.82, 2.24) is 9.97 Å². The van der Waals surface area contributed by atoms with Crippen LogP contribution in [0, 0.1) is 0 Å². The van der Waals surface area contributed by atoms with Gasteiger partial charge in [0.05, 0.1) is 23.5 Å². The van der Waals surface area contributed by atoms with Gasteiger partial charge in [-0.2, -0.15) is 0 Å². The zero-order chi connectivity index (χ0) is 13.3. The lowest BCUT2D eigenvalue weighted by Gasteiger charge is -2.38. The second kappa shape index (κ2) is 4.29. The number of carboxylic acid groups (broad SMARTS) is 1. The number of hydrogen-bond donors (Lipinski definition) is 3. The van der Waals surface area contributed by atoms with Crippen molar-refractivity contribution < 1.29 is 15.0 Å². The molecule has 1 aromatic heterocycles. The third-order valence-electron chi connectivity index (χ3n) is 2.84. The minimum atomic E-state index is -1.12. The van der Waals surface area contributed by atoms with Crippen LogP contribution in [0.25, 0.3) is 0 Å². The number of aromatic nitrogens is 2. The Morgan fingerprint density at radius 1 is 1.24 bits per heavy atom. The van der Waals surface area contributed by atoms with E-state index in [-0.39, 0.29) is 5.69 Å². The SMILES string of the molecule is CC(C)(O)C(C)(C)Nc1cnc(C(=O)O)cn1. The van der Waals surface area contributed by atoms with Crippen LogP contribution in [0.5, 0.6) is 0 Å². The summed E-state index contributed by atoms with van der Waals surface area (Å²) in [5, 5.41) is 21.6.